The van der Waals surface area contributed by atoms with Crippen LogP contribution in [0.5, 0.6) is 0 Å². The third-order valence-corrected chi connectivity index (χ3v) is 6.43. The lowest BCUT2D eigenvalue weighted by molar-refractivity contribution is -0.384. The van der Waals surface area contributed by atoms with Gasteiger partial charge in [-0.3, -0.25) is 14.9 Å². The van der Waals surface area contributed by atoms with Crippen molar-refractivity contribution in [3.8, 4) is 0 Å². The molecular weight excluding hydrogens is 386 g/mol. The van der Waals surface area contributed by atoms with E-state index in [2.05, 4.69) is 17.5 Å². The standard InChI is InChI=1S/C19H20ClN3O3S/c1-3-12-4-7-17-14(8-12)10-18(27-17)19(24)22-21-11(2)13-5-6-15(20)16(9-13)23(25)26/h5-6,9-10,12H,3-4,7-8H2,1-2H3,(H,22,24)/b21-11-/t12-/m1/s1. The number of carbonyl (C=O) groups excluding carboxylic acids is 1. The molecule has 1 N–H and O–H groups in total. The number of nitrogens with one attached hydrogen (secondary N) is 1. The molecule has 6 nitrogen and oxygen atoms in total. The van der Waals surface area contributed by atoms with E-state index in [1.807, 2.05) is 6.07 Å². The number of nitro groups is 1. The Bertz CT molecular complexity index is 923. The largest absolute Gasteiger partial charge is 0.288 e. The predicted molar refractivity (Wildman–Crippen MR) is 108 cm³/mol. The molecule has 142 valence electrons. The van der Waals surface area contributed by atoms with Crippen LogP contribution >= 0.6 is 22.9 Å². The highest BCUT2D eigenvalue weighted by atomic mass is 35.5. The number of rotatable bonds is 5. The molecule has 2 aromatic rings. The highest BCUT2D eigenvalue weighted by Gasteiger charge is 2.22. The van der Waals surface area contributed by atoms with E-state index in [4.69, 9.17) is 11.6 Å². The van der Waals surface area contributed by atoms with Crippen molar-refractivity contribution in [2.45, 2.75) is 39.5 Å². The third-order valence-electron chi connectivity index (χ3n) is 4.87. The number of nitrogens with zero attached hydrogens (tertiary/aromatic N) is 2. The first kappa shape index (κ1) is 19.5. The van der Waals surface area contributed by atoms with Gasteiger partial charge in [-0.1, -0.05) is 31.0 Å². The van der Waals surface area contributed by atoms with E-state index in [0.29, 0.717) is 22.1 Å². The molecule has 1 heterocycles. The Morgan fingerprint density at radius 1 is 1.44 bits per heavy atom. The Morgan fingerprint density at radius 2 is 2.22 bits per heavy atom. The van der Waals surface area contributed by atoms with E-state index in [9.17, 15) is 14.9 Å². The monoisotopic (exact) mass is 405 g/mol. The van der Waals surface area contributed by atoms with Crippen LogP contribution in [0, 0.1) is 16.0 Å². The van der Waals surface area contributed by atoms with Gasteiger partial charge < -0.3 is 0 Å². The lowest BCUT2D eigenvalue weighted by Gasteiger charge is -2.19. The van der Waals surface area contributed by atoms with Gasteiger partial charge >= 0.3 is 0 Å². The summed E-state index contributed by atoms with van der Waals surface area (Å²) in [5.41, 5.74) is 4.64. The molecule has 0 bridgehead atoms. The third kappa shape index (κ3) is 4.36. The second-order valence-corrected chi connectivity index (χ2v) is 8.18. The van der Waals surface area contributed by atoms with Crippen molar-refractivity contribution in [2.75, 3.05) is 0 Å². The molecule has 0 saturated carbocycles. The van der Waals surface area contributed by atoms with Gasteiger partial charge in [-0.2, -0.15) is 5.10 Å². The molecule has 1 atom stereocenters. The number of fused-ring (bicyclic) bond motifs is 1. The van der Waals surface area contributed by atoms with Gasteiger partial charge in [0.05, 0.1) is 15.5 Å². The quantitative estimate of drug-likeness (QED) is 0.432. The minimum Gasteiger partial charge on any atom is -0.266 e. The Kier molecular flexibility index (Phi) is 5.92. The van der Waals surface area contributed by atoms with Crippen LogP contribution in [0.1, 0.15) is 52.4 Å². The number of thiophene rings is 1. The zero-order chi connectivity index (χ0) is 19.6. The number of hydrogen-bond acceptors (Lipinski definition) is 5. The number of halogens is 1. The minimum atomic E-state index is -0.544. The van der Waals surface area contributed by atoms with E-state index in [1.165, 1.54) is 40.3 Å². The molecule has 1 aliphatic rings. The molecule has 3 rings (SSSR count). The van der Waals surface area contributed by atoms with Gasteiger partial charge in [0.25, 0.3) is 11.6 Å². The number of benzene rings is 1. The fraction of sp³-hybridized carbons (Fsp3) is 0.368. The summed E-state index contributed by atoms with van der Waals surface area (Å²) in [5.74, 6) is 0.439. The van der Waals surface area contributed by atoms with Crippen LogP contribution in [0.25, 0.3) is 0 Å². The first-order valence-corrected chi connectivity index (χ1v) is 9.99. The van der Waals surface area contributed by atoms with Crippen LogP contribution in [0.2, 0.25) is 5.02 Å². The lowest BCUT2D eigenvalue weighted by atomic mass is 9.87. The van der Waals surface area contributed by atoms with E-state index in [1.54, 1.807) is 13.0 Å². The summed E-state index contributed by atoms with van der Waals surface area (Å²) in [6.07, 6.45) is 4.40. The minimum absolute atomic E-state index is 0.0649. The van der Waals surface area contributed by atoms with Crippen molar-refractivity contribution in [3.63, 3.8) is 0 Å². The average molecular weight is 406 g/mol. The molecule has 27 heavy (non-hydrogen) atoms. The lowest BCUT2D eigenvalue weighted by Crippen LogP contribution is -2.18. The molecule has 0 spiro atoms. The van der Waals surface area contributed by atoms with Crippen molar-refractivity contribution in [1.82, 2.24) is 5.43 Å². The molecule has 1 aromatic heterocycles. The highest BCUT2D eigenvalue weighted by Crippen LogP contribution is 2.33. The molecule has 0 aliphatic heterocycles. The van der Waals surface area contributed by atoms with Gasteiger partial charge in [-0.05, 0) is 49.8 Å². The van der Waals surface area contributed by atoms with Gasteiger partial charge in [0, 0.05) is 16.5 Å². The normalized spacial score (nSPS) is 16.7. The zero-order valence-corrected chi connectivity index (χ0v) is 16.7. The number of carbonyl (C=O) groups is 1. The molecule has 1 aliphatic carbocycles. The maximum Gasteiger partial charge on any atom is 0.288 e. The number of nitro benzene ring substituents is 1. The van der Waals surface area contributed by atoms with E-state index in [0.717, 1.165) is 19.3 Å². The fourth-order valence-electron chi connectivity index (χ4n) is 3.19. The fourth-order valence-corrected chi connectivity index (χ4v) is 4.48. The van der Waals surface area contributed by atoms with Crippen molar-refractivity contribution < 1.29 is 9.72 Å². The second kappa shape index (κ2) is 8.19. The maximum absolute atomic E-state index is 12.4. The molecule has 1 amide bonds. The number of hydrazone groups is 1. The molecule has 1 aromatic carbocycles. The van der Waals surface area contributed by atoms with Crippen LogP contribution in [0.15, 0.2) is 29.4 Å². The first-order chi connectivity index (χ1) is 12.9. The molecule has 0 saturated heterocycles. The molecule has 8 heteroatoms. The van der Waals surface area contributed by atoms with Crippen LogP contribution in [-0.4, -0.2) is 16.5 Å². The molecule has 0 fully saturated rings. The van der Waals surface area contributed by atoms with Gasteiger partial charge in [-0.15, -0.1) is 11.3 Å². The van der Waals surface area contributed by atoms with E-state index < -0.39 is 4.92 Å². The average Bonchev–Trinajstić information content (AvgIpc) is 3.09. The summed E-state index contributed by atoms with van der Waals surface area (Å²) in [4.78, 5) is 24.8. The molecule has 0 unspecified atom stereocenters. The smallest absolute Gasteiger partial charge is 0.266 e. The summed E-state index contributed by atoms with van der Waals surface area (Å²) in [6.45, 7) is 3.88. The summed E-state index contributed by atoms with van der Waals surface area (Å²) in [6, 6.07) is 6.40. The van der Waals surface area contributed by atoms with Crippen molar-refractivity contribution in [2.24, 2.45) is 11.0 Å². The number of aryl methyl sites for hydroxylation is 1. The SMILES string of the molecule is CC[C@@H]1CCc2sc(C(=O)N/N=C(/C)c3ccc(Cl)c([N+](=O)[O-])c3)cc2C1. The molecule has 0 radical (unpaired) electrons. The number of amides is 1. The predicted octanol–water partition coefficient (Wildman–Crippen LogP) is 4.98. The zero-order valence-electron chi connectivity index (χ0n) is 15.1. The van der Waals surface area contributed by atoms with Crippen LogP contribution in [0.4, 0.5) is 5.69 Å². The topological polar surface area (TPSA) is 84.6 Å². The van der Waals surface area contributed by atoms with Crippen LogP contribution < -0.4 is 5.43 Å². The Balaban J connectivity index is 1.72. The summed E-state index contributed by atoms with van der Waals surface area (Å²) in [7, 11) is 0. The Morgan fingerprint density at radius 3 is 2.93 bits per heavy atom. The maximum atomic E-state index is 12.4. The summed E-state index contributed by atoms with van der Waals surface area (Å²) < 4.78 is 0. The first-order valence-electron chi connectivity index (χ1n) is 8.79. The van der Waals surface area contributed by atoms with E-state index in [-0.39, 0.29) is 16.6 Å². The van der Waals surface area contributed by atoms with Crippen molar-refractivity contribution in [1.29, 1.82) is 0 Å². The van der Waals surface area contributed by atoms with Gasteiger partial charge in [0.15, 0.2) is 0 Å². The van der Waals surface area contributed by atoms with Crippen LogP contribution in [-0.2, 0) is 12.8 Å². The Hall–Kier alpha value is -2.25. The van der Waals surface area contributed by atoms with Crippen molar-refractivity contribution >= 4 is 40.2 Å². The van der Waals surface area contributed by atoms with E-state index >= 15 is 0 Å². The number of hydrogen-bond donors (Lipinski definition) is 1. The van der Waals surface area contributed by atoms with Gasteiger partial charge in [0.1, 0.15) is 5.02 Å². The summed E-state index contributed by atoms with van der Waals surface area (Å²) >= 11 is 7.35. The van der Waals surface area contributed by atoms with Crippen LogP contribution in [0.3, 0.4) is 0 Å². The van der Waals surface area contributed by atoms with Gasteiger partial charge in [0.2, 0.25) is 0 Å². The molecular formula is C19H20ClN3O3S. The van der Waals surface area contributed by atoms with Crippen molar-refractivity contribution in [3.05, 3.63) is 60.3 Å². The summed E-state index contributed by atoms with van der Waals surface area (Å²) in [5, 5.41) is 15.2. The Labute approximate surface area is 166 Å². The second-order valence-electron chi connectivity index (χ2n) is 6.64. The highest BCUT2D eigenvalue weighted by molar-refractivity contribution is 7.14. The van der Waals surface area contributed by atoms with Gasteiger partial charge in [-0.25, -0.2) is 5.43 Å².